The van der Waals surface area contributed by atoms with Crippen molar-refractivity contribution in [3.05, 3.63) is 59.1 Å². The van der Waals surface area contributed by atoms with Crippen LogP contribution in [0.15, 0.2) is 43.0 Å². The predicted octanol–water partition coefficient (Wildman–Crippen LogP) is 4.30. The lowest BCUT2D eigenvalue weighted by molar-refractivity contribution is -0.114. The van der Waals surface area contributed by atoms with Crippen molar-refractivity contribution in [3.63, 3.8) is 0 Å². The molecular formula is C20H21ClN2O4. The van der Waals surface area contributed by atoms with E-state index in [4.69, 9.17) is 21.1 Å². The van der Waals surface area contributed by atoms with Gasteiger partial charge in [-0.25, -0.2) is 0 Å². The van der Waals surface area contributed by atoms with Gasteiger partial charge in [-0.3, -0.25) is 9.59 Å². The van der Waals surface area contributed by atoms with Crippen LogP contribution < -0.4 is 20.1 Å². The van der Waals surface area contributed by atoms with Gasteiger partial charge in [0.15, 0.2) is 11.5 Å². The smallest absolute Gasteiger partial charge is 0.255 e. The predicted molar refractivity (Wildman–Crippen MR) is 107 cm³/mol. The van der Waals surface area contributed by atoms with Gasteiger partial charge in [0.2, 0.25) is 5.91 Å². The summed E-state index contributed by atoms with van der Waals surface area (Å²) in [5, 5.41) is 5.78. The molecule has 0 spiro atoms. The maximum absolute atomic E-state index is 12.7. The number of carbonyl (C=O) groups is 2. The fraction of sp³-hybridized carbons (Fsp3) is 0.200. The van der Waals surface area contributed by atoms with E-state index in [1.165, 1.54) is 14.0 Å². The van der Waals surface area contributed by atoms with E-state index in [1.807, 2.05) is 0 Å². The van der Waals surface area contributed by atoms with Gasteiger partial charge in [0.1, 0.15) is 0 Å². The molecule has 142 valence electrons. The van der Waals surface area contributed by atoms with Gasteiger partial charge in [-0.1, -0.05) is 17.7 Å². The molecule has 2 amide bonds. The SMILES string of the molecule is C=CCc1cc(C(=O)Nc2ccc(Cl)c(NC(C)=O)c2)cc(OC)c1OC. The second-order valence-electron chi connectivity index (χ2n) is 5.69. The van der Waals surface area contributed by atoms with Gasteiger partial charge in [-0.15, -0.1) is 6.58 Å². The van der Waals surface area contributed by atoms with Gasteiger partial charge in [0.25, 0.3) is 5.91 Å². The van der Waals surface area contributed by atoms with E-state index in [0.717, 1.165) is 5.56 Å². The van der Waals surface area contributed by atoms with Crippen molar-refractivity contribution >= 4 is 34.8 Å². The topological polar surface area (TPSA) is 76.7 Å². The first-order valence-corrected chi connectivity index (χ1v) is 8.51. The van der Waals surface area contributed by atoms with Crippen LogP contribution in [0, 0.1) is 0 Å². The summed E-state index contributed by atoms with van der Waals surface area (Å²) in [5.74, 6) is 0.428. The van der Waals surface area contributed by atoms with Gasteiger partial charge in [0.05, 0.1) is 24.9 Å². The van der Waals surface area contributed by atoms with Gasteiger partial charge in [0, 0.05) is 23.7 Å². The Hall–Kier alpha value is -2.99. The summed E-state index contributed by atoms with van der Waals surface area (Å²) in [6.45, 7) is 5.11. The zero-order valence-electron chi connectivity index (χ0n) is 15.4. The monoisotopic (exact) mass is 388 g/mol. The lowest BCUT2D eigenvalue weighted by Gasteiger charge is -2.15. The van der Waals surface area contributed by atoms with Gasteiger partial charge < -0.3 is 20.1 Å². The number of benzene rings is 2. The number of hydrogen-bond donors (Lipinski definition) is 2. The summed E-state index contributed by atoms with van der Waals surface area (Å²) in [4.78, 5) is 24.0. The highest BCUT2D eigenvalue weighted by molar-refractivity contribution is 6.33. The van der Waals surface area contributed by atoms with E-state index in [-0.39, 0.29) is 11.8 Å². The highest BCUT2D eigenvalue weighted by atomic mass is 35.5. The van der Waals surface area contributed by atoms with Crippen molar-refractivity contribution in [1.82, 2.24) is 0 Å². The van der Waals surface area contributed by atoms with Crippen molar-refractivity contribution in [1.29, 1.82) is 0 Å². The molecule has 7 heteroatoms. The molecule has 0 saturated heterocycles. The van der Waals surface area contributed by atoms with Crippen molar-refractivity contribution < 1.29 is 19.1 Å². The van der Waals surface area contributed by atoms with Gasteiger partial charge in [-0.05, 0) is 36.8 Å². The standard InChI is InChI=1S/C20H21ClN2O4/c1-5-6-13-9-14(10-18(26-3)19(13)27-4)20(25)23-15-7-8-16(21)17(11-15)22-12(2)24/h5,7-11H,1,6H2,2-4H3,(H,22,24)(H,23,25). The van der Waals surface area contributed by atoms with E-state index in [1.54, 1.807) is 43.5 Å². The molecule has 0 atom stereocenters. The van der Waals surface area contributed by atoms with Crippen LogP contribution in [0.3, 0.4) is 0 Å². The van der Waals surface area contributed by atoms with Crippen molar-refractivity contribution in [3.8, 4) is 11.5 Å². The molecule has 2 aromatic carbocycles. The van der Waals surface area contributed by atoms with Crippen LogP contribution in [0.4, 0.5) is 11.4 Å². The molecule has 0 saturated carbocycles. The van der Waals surface area contributed by atoms with Gasteiger partial charge >= 0.3 is 0 Å². The number of carbonyl (C=O) groups excluding carboxylic acids is 2. The normalized spacial score (nSPS) is 10.1. The third-order valence-corrected chi connectivity index (χ3v) is 4.05. The average molecular weight is 389 g/mol. The Bertz CT molecular complexity index is 881. The number of ether oxygens (including phenoxy) is 2. The van der Waals surface area contributed by atoms with Crippen LogP contribution in [0.25, 0.3) is 0 Å². The van der Waals surface area contributed by atoms with Crippen LogP contribution >= 0.6 is 11.6 Å². The largest absolute Gasteiger partial charge is 0.493 e. The molecule has 0 unspecified atom stereocenters. The summed E-state index contributed by atoms with van der Waals surface area (Å²) in [6.07, 6.45) is 2.24. The number of amides is 2. The molecule has 2 aromatic rings. The number of rotatable bonds is 7. The van der Waals surface area contributed by atoms with E-state index in [9.17, 15) is 9.59 Å². The van der Waals surface area contributed by atoms with Crippen molar-refractivity contribution in [2.75, 3.05) is 24.9 Å². The number of hydrogen-bond acceptors (Lipinski definition) is 4. The van der Waals surface area contributed by atoms with Crippen molar-refractivity contribution in [2.24, 2.45) is 0 Å². The molecule has 0 aliphatic heterocycles. The van der Waals surface area contributed by atoms with Gasteiger partial charge in [-0.2, -0.15) is 0 Å². The van der Waals surface area contributed by atoms with E-state index >= 15 is 0 Å². The summed E-state index contributed by atoms with van der Waals surface area (Å²) >= 11 is 6.06. The lowest BCUT2D eigenvalue weighted by Crippen LogP contribution is -2.14. The Kier molecular flexibility index (Phi) is 6.85. The Morgan fingerprint density at radius 1 is 1.15 bits per heavy atom. The first-order valence-electron chi connectivity index (χ1n) is 8.13. The second-order valence-corrected chi connectivity index (χ2v) is 6.10. The minimum absolute atomic E-state index is 0.255. The van der Waals surface area contributed by atoms with Crippen molar-refractivity contribution in [2.45, 2.75) is 13.3 Å². The molecule has 0 aliphatic rings. The van der Waals surface area contributed by atoms with E-state index in [2.05, 4.69) is 17.2 Å². The van der Waals surface area contributed by atoms with Crippen LogP contribution in [-0.2, 0) is 11.2 Å². The second kappa shape index (κ2) is 9.09. The molecule has 0 aromatic heterocycles. The minimum atomic E-state index is -0.336. The van der Waals surface area contributed by atoms with Crippen LogP contribution in [0.1, 0.15) is 22.8 Å². The zero-order chi connectivity index (χ0) is 20.0. The summed E-state index contributed by atoms with van der Waals surface area (Å²) in [7, 11) is 3.05. The summed E-state index contributed by atoms with van der Waals surface area (Å²) < 4.78 is 10.7. The number of halogens is 1. The fourth-order valence-electron chi connectivity index (χ4n) is 2.57. The maximum Gasteiger partial charge on any atom is 0.255 e. The molecule has 0 fully saturated rings. The minimum Gasteiger partial charge on any atom is -0.493 e. The highest BCUT2D eigenvalue weighted by Crippen LogP contribution is 2.33. The molecule has 2 rings (SSSR count). The van der Waals surface area contributed by atoms with E-state index in [0.29, 0.717) is 39.9 Å². The van der Waals surface area contributed by atoms with E-state index < -0.39 is 0 Å². The highest BCUT2D eigenvalue weighted by Gasteiger charge is 2.16. The average Bonchev–Trinajstić information content (AvgIpc) is 2.63. The summed E-state index contributed by atoms with van der Waals surface area (Å²) in [6, 6.07) is 8.17. The maximum atomic E-state index is 12.7. The fourth-order valence-corrected chi connectivity index (χ4v) is 2.74. The zero-order valence-corrected chi connectivity index (χ0v) is 16.1. The molecular weight excluding hydrogens is 368 g/mol. The molecule has 27 heavy (non-hydrogen) atoms. The Morgan fingerprint density at radius 3 is 2.48 bits per heavy atom. The Labute approximate surface area is 163 Å². The molecule has 2 N–H and O–H groups in total. The molecule has 0 radical (unpaired) electrons. The third-order valence-electron chi connectivity index (χ3n) is 3.72. The third kappa shape index (κ3) is 5.01. The Morgan fingerprint density at radius 2 is 1.89 bits per heavy atom. The van der Waals surface area contributed by atoms with Crippen LogP contribution in [-0.4, -0.2) is 26.0 Å². The quantitative estimate of drug-likeness (QED) is 0.693. The van der Waals surface area contributed by atoms with Crippen LogP contribution in [0.2, 0.25) is 5.02 Å². The lowest BCUT2D eigenvalue weighted by atomic mass is 10.0. The number of allylic oxidation sites excluding steroid dienone is 1. The molecule has 0 bridgehead atoms. The Balaban J connectivity index is 2.34. The first kappa shape index (κ1) is 20.3. The molecule has 6 nitrogen and oxygen atoms in total. The molecule has 0 heterocycles. The first-order chi connectivity index (χ1) is 12.9. The molecule has 0 aliphatic carbocycles. The van der Waals surface area contributed by atoms with Crippen LogP contribution in [0.5, 0.6) is 11.5 Å². The summed E-state index contributed by atoms with van der Waals surface area (Å²) in [5.41, 5.74) is 2.10. The number of nitrogens with one attached hydrogen (secondary N) is 2. The number of anilines is 2. The number of methoxy groups -OCH3 is 2.